The van der Waals surface area contributed by atoms with Crippen LogP contribution in [0, 0.1) is 12.7 Å². The highest BCUT2D eigenvalue weighted by molar-refractivity contribution is 5.69. The monoisotopic (exact) mass is 259 g/mol. The summed E-state index contributed by atoms with van der Waals surface area (Å²) in [6.45, 7) is 4.44. The van der Waals surface area contributed by atoms with Gasteiger partial charge >= 0.3 is 0 Å². The van der Waals surface area contributed by atoms with Gasteiger partial charge in [-0.25, -0.2) is 4.39 Å². The fraction of sp³-hybridized carbons (Fsp3) is 0.250. The Morgan fingerprint density at radius 1 is 1.05 bits per heavy atom. The SMILES string of the molecule is CCN(c1ccccc1C)c1cccc(F)c1CO. The summed E-state index contributed by atoms with van der Waals surface area (Å²) in [6.07, 6.45) is 0. The number of aliphatic hydroxyl groups excluding tert-OH is 1. The number of aliphatic hydroxyl groups is 1. The Labute approximate surface area is 113 Å². The second-order valence-electron chi connectivity index (χ2n) is 4.43. The number of nitrogens with zero attached hydrogens (tertiary/aromatic N) is 1. The second-order valence-corrected chi connectivity index (χ2v) is 4.43. The third kappa shape index (κ3) is 2.61. The largest absolute Gasteiger partial charge is 0.391 e. The van der Waals surface area contributed by atoms with Crippen LogP contribution in [0.1, 0.15) is 18.1 Å². The summed E-state index contributed by atoms with van der Waals surface area (Å²) in [7, 11) is 0. The first kappa shape index (κ1) is 13.6. The van der Waals surface area contributed by atoms with Crippen LogP contribution < -0.4 is 4.90 Å². The molecule has 1 N–H and O–H groups in total. The van der Waals surface area contributed by atoms with Crippen molar-refractivity contribution in [1.82, 2.24) is 0 Å². The fourth-order valence-corrected chi connectivity index (χ4v) is 2.29. The van der Waals surface area contributed by atoms with Crippen molar-refractivity contribution in [3.05, 3.63) is 59.4 Å². The number of hydrogen-bond donors (Lipinski definition) is 1. The van der Waals surface area contributed by atoms with Crippen LogP contribution in [0.3, 0.4) is 0 Å². The van der Waals surface area contributed by atoms with Crippen molar-refractivity contribution in [2.75, 3.05) is 11.4 Å². The Kier molecular flexibility index (Phi) is 4.17. The standard InChI is InChI=1S/C16H18FNO/c1-3-18(15-9-5-4-7-12(15)2)16-10-6-8-14(17)13(16)11-19/h4-10,19H,3,11H2,1-2H3. The number of hydrogen-bond acceptors (Lipinski definition) is 2. The van der Waals surface area contributed by atoms with E-state index >= 15 is 0 Å². The van der Waals surface area contributed by atoms with E-state index < -0.39 is 0 Å². The van der Waals surface area contributed by atoms with Gasteiger partial charge in [-0.3, -0.25) is 0 Å². The molecule has 0 saturated carbocycles. The third-order valence-corrected chi connectivity index (χ3v) is 3.27. The normalized spacial score (nSPS) is 10.5. The molecule has 0 saturated heterocycles. The highest BCUT2D eigenvalue weighted by Crippen LogP contribution is 2.31. The first-order chi connectivity index (χ1) is 9.19. The molecule has 0 atom stereocenters. The Bertz CT molecular complexity index is 568. The molecule has 0 heterocycles. The van der Waals surface area contributed by atoms with Crippen LogP contribution in [0.15, 0.2) is 42.5 Å². The lowest BCUT2D eigenvalue weighted by atomic mass is 10.1. The topological polar surface area (TPSA) is 23.5 Å². The van der Waals surface area contributed by atoms with Crippen molar-refractivity contribution in [2.45, 2.75) is 20.5 Å². The van der Waals surface area contributed by atoms with Gasteiger partial charge in [0.2, 0.25) is 0 Å². The average Bonchev–Trinajstić information content (AvgIpc) is 2.42. The molecule has 0 aliphatic heterocycles. The zero-order valence-electron chi connectivity index (χ0n) is 11.2. The van der Waals surface area contributed by atoms with Crippen molar-refractivity contribution in [1.29, 1.82) is 0 Å². The van der Waals surface area contributed by atoms with Crippen molar-refractivity contribution >= 4 is 11.4 Å². The predicted molar refractivity (Wildman–Crippen MR) is 76.2 cm³/mol. The Morgan fingerprint density at radius 2 is 1.74 bits per heavy atom. The molecule has 0 spiro atoms. The minimum Gasteiger partial charge on any atom is -0.391 e. The van der Waals surface area contributed by atoms with E-state index in [1.165, 1.54) is 6.07 Å². The highest BCUT2D eigenvalue weighted by atomic mass is 19.1. The molecule has 2 nitrogen and oxygen atoms in total. The van der Waals surface area contributed by atoms with E-state index in [-0.39, 0.29) is 12.4 Å². The van der Waals surface area contributed by atoms with Crippen molar-refractivity contribution in [3.8, 4) is 0 Å². The van der Waals surface area contributed by atoms with Gasteiger partial charge < -0.3 is 10.0 Å². The Balaban J connectivity index is 2.55. The summed E-state index contributed by atoms with van der Waals surface area (Å²) < 4.78 is 13.8. The molecule has 2 rings (SSSR count). The van der Waals surface area contributed by atoms with Crippen LogP contribution in [0.4, 0.5) is 15.8 Å². The third-order valence-electron chi connectivity index (χ3n) is 3.27. The van der Waals surface area contributed by atoms with Crippen LogP contribution in [0.25, 0.3) is 0 Å². The number of rotatable bonds is 4. The number of anilines is 2. The Morgan fingerprint density at radius 3 is 2.37 bits per heavy atom. The van der Waals surface area contributed by atoms with Gasteiger partial charge in [-0.2, -0.15) is 0 Å². The maximum atomic E-state index is 13.8. The van der Waals surface area contributed by atoms with Gasteiger partial charge in [-0.15, -0.1) is 0 Å². The summed E-state index contributed by atoms with van der Waals surface area (Å²) in [6, 6.07) is 12.9. The van der Waals surface area contributed by atoms with E-state index in [2.05, 4.69) is 0 Å². The quantitative estimate of drug-likeness (QED) is 0.903. The minimum absolute atomic E-state index is 0.301. The van der Waals surface area contributed by atoms with E-state index in [1.54, 1.807) is 6.07 Å². The molecule has 0 aliphatic carbocycles. The van der Waals surface area contributed by atoms with Gasteiger partial charge in [-0.05, 0) is 37.6 Å². The van der Waals surface area contributed by atoms with Crippen LogP contribution in [0.5, 0.6) is 0 Å². The van der Waals surface area contributed by atoms with Gasteiger partial charge in [0.15, 0.2) is 0 Å². The van der Waals surface area contributed by atoms with E-state index in [4.69, 9.17) is 0 Å². The maximum absolute atomic E-state index is 13.8. The average molecular weight is 259 g/mol. The number of halogens is 1. The van der Waals surface area contributed by atoms with Gasteiger partial charge in [0.05, 0.1) is 6.61 Å². The molecule has 100 valence electrons. The van der Waals surface area contributed by atoms with Gasteiger partial charge in [0.1, 0.15) is 5.82 Å². The summed E-state index contributed by atoms with van der Waals surface area (Å²) in [5.74, 6) is -0.368. The van der Waals surface area contributed by atoms with Crippen LogP contribution >= 0.6 is 0 Å². The predicted octanol–water partition coefficient (Wildman–Crippen LogP) is 3.78. The smallest absolute Gasteiger partial charge is 0.130 e. The molecule has 3 heteroatoms. The first-order valence-corrected chi connectivity index (χ1v) is 6.40. The zero-order chi connectivity index (χ0) is 13.8. The molecule has 0 amide bonds. The molecule has 0 aromatic heterocycles. The van der Waals surface area contributed by atoms with Crippen molar-refractivity contribution in [2.24, 2.45) is 0 Å². The molecule has 0 fully saturated rings. The molecule has 0 aliphatic rings. The zero-order valence-corrected chi connectivity index (χ0v) is 11.2. The number of para-hydroxylation sites is 1. The second kappa shape index (κ2) is 5.85. The maximum Gasteiger partial charge on any atom is 0.130 e. The summed E-state index contributed by atoms with van der Waals surface area (Å²) in [5.41, 5.74) is 3.22. The summed E-state index contributed by atoms with van der Waals surface area (Å²) in [5, 5.41) is 9.39. The fourth-order valence-electron chi connectivity index (χ4n) is 2.29. The van der Waals surface area contributed by atoms with Crippen molar-refractivity contribution < 1.29 is 9.50 Å². The number of aryl methyl sites for hydroxylation is 1. The lowest BCUT2D eigenvalue weighted by Crippen LogP contribution is -2.19. The molecular formula is C16H18FNO. The Hall–Kier alpha value is -1.87. The molecule has 19 heavy (non-hydrogen) atoms. The molecule has 2 aromatic carbocycles. The van der Waals surface area contributed by atoms with Gasteiger partial charge in [-0.1, -0.05) is 24.3 Å². The van der Waals surface area contributed by atoms with E-state index in [0.29, 0.717) is 12.1 Å². The molecule has 0 radical (unpaired) electrons. The van der Waals surface area contributed by atoms with Crippen molar-refractivity contribution in [3.63, 3.8) is 0 Å². The molecule has 2 aromatic rings. The summed E-state index contributed by atoms with van der Waals surface area (Å²) >= 11 is 0. The minimum atomic E-state index is -0.368. The van der Waals surface area contributed by atoms with Crippen LogP contribution in [0.2, 0.25) is 0 Å². The van der Waals surface area contributed by atoms with E-state index in [9.17, 15) is 9.50 Å². The molecule has 0 unspecified atom stereocenters. The van der Waals surface area contributed by atoms with Gasteiger partial charge in [0, 0.05) is 23.5 Å². The lowest BCUT2D eigenvalue weighted by Gasteiger charge is -2.27. The van der Waals surface area contributed by atoms with Gasteiger partial charge in [0.25, 0.3) is 0 Å². The molecule has 0 bridgehead atoms. The molecular weight excluding hydrogens is 241 g/mol. The summed E-state index contributed by atoms with van der Waals surface area (Å²) in [4.78, 5) is 2.02. The van der Waals surface area contributed by atoms with E-state index in [1.807, 2.05) is 49.1 Å². The number of benzene rings is 2. The lowest BCUT2D eigenvalue weighted by molar-refractivity contribution is 0.276. The van der Waals surface area contributed by atoms with Crippen LogP contribution in [-0.2, 0) is 6.61 Å². The first-order valence-electron chi connectivity index (χ1n) is 6.40. The highest BCUT2D eigenvalue weighted by Gasteiger charge is 2.15. The van der Waals surface area contributed by atoms with Crippen LogP contribution in [-0.4, -0.2) is 11.7 Å². The van der Waals surface area contributed by atoms with E-state index in [0.717, 1.165) is 16.9 Å².